The lowest BCUT2D eigenvalue weighted by molar-refractivity contribution is 0.0534. The molecule has 20 heavy (non-hydrogen) atoms. The lowest BCUT2D eigenvalue weighted by Gasteiger charge is -2.38. The van der Waals surface area contributed by atoms with E-state index in [1.54, 1.807) is 6.07 Å². The van der Waals surface area contributed by atoms with E-state index in [1.807, 2.05) is 24.0 Å². The van der Waals surface area contributed by atoms with Crippen molar-refractivity contribution in [3.8, 4) is 0 Å². The van der Waals surface area contributed by atoms with Gasteiger partial charge in [0, 0.05) is 42.9 Å². The number of likely N-dealkylation sites (N-methyl/N-ethyl adjacent to an activating group) is 1. The first-order valence-corrected chi connectivity index (χ1v) is 7.43. The Morgan fingerprint density at radius 2 is 2.20 bits per heavy atom. The molecule has 0 spiro atoms. The molecule has 1 aromatic rings. The van der Waals surface area contributed by atoms with Crippen molar-refractivity contribution in [2.75, 3.05) is 38.5 Å². The molecule has 0 bridgehead atoms. The van der Waals surface area contributed by atoms with Crippen LogP contribution in [0.3, 0.4) is 0 Å². The minimum atomic E-state index is 0.0593. The second-order valence-corrected chi connectivity index (χ2v) is 5.77. The highest BCUT2D eigenvalue weighted by molar-refractivity contribution is 6.31. The van der Waals surface area contributed by atoms with Gasteiger partial charge in [-0.15, -0.1) is 0 Å². The predicted octanol–water partition coefficient (Wildman–Crippen LogP) is 2.55. The number of rotatable bonds is 3. The highest BCUT2D eigenvalue weighted by atomic mass is 35.5. The molecule has 4 nitrogen and oxygen atoms in total. The lowest BCUT2D eigenvalue weighted by atomic mass is 10.1. The van der Waals surface area contributed by atoms with Crippen LogP contribution in [0.25, 0.3) is 0 Å². The number of hydrogen-bond donors (Lipinski definition) is 1. The van der Waals surface area contributed by atoms with Crippen molar-refractivity contribution < 1.29 is 4.79 Å². The first-order chi connectivity index (χ1) is 9.52. The molecule has 1 aliphatic heterocycles. The summed E-state index contributed by atoms with van der Waals surface area (Å²) in [5.74, 6) is 0.0593. The zero-order valence-corrected chi connectivity index (χ0v) is 13.1. The molecule has 5 heteroatoms. The van der Waals surface area contributed by atoms with Gasteiger partial charge in [-0.3, -0.25) is 4.79 Å². The van der Waals surface area contributed by atoms with E-state index in [9.17, 15) is 4.79 Å². The van der Waals surface area contributed by atoms with Gasteiger partial charge >= 0.3 is 0 Å². The molecule has 1 aliphatic rings. The molecule has 1 aromatic carbocycles. The molecule has 1 heterocycles. The molecular weight excluding hydrogens is 274 g/mol. The summed E-state index contributed by atoms with van der Waals surface area (Å²) in [4.78, 5) is 17.0. The highest BCUT2D eigenvalue weighted by Crippen LogP contribution is 2.24. The fraction of sp³-hybridized carbons (Fsp3) is 0.533. The third-order valence-corrected chi connectivity index (χ3v) is 3.91. The molecule has 0 aliphatic carbocycles. The van der Waals surface area contributed by atoms with Gasteiger partial charge in [0.25, 0.3) is 5.91 Å². The van der Waals surface area contributed by atoms with E-state index in [-0.39, 0.29) is 11.9 Å². The van der Waals surface area contributed by atoms with Gasteiger partial charge in [-0.25, -0.2) is 0 Å². The van der Waals surface area contributed by atoms with Crippen molar-refractivity contribution in [1.29, 1.82) is 0 Å². The van der Waals surface area contributed by atoms with E-state index in [4.69, 9.17) is 11.6 Å². The summed E-state index contributed by atoms with van der Waals surface area (Å²) >= 11 is 6.05. The summed E-state index contributed by atoms with van der Waals surface area (Å²) in [6, 6.07) is 5.66. The summed E-state index contributed by atoms with van der Waals surface area (Å²) in [5.41, 5.74) is 1.52. The molecule has 0 radical (unpaired) electrons. The first-order valence-electron chi connectivity index (χ1n) is 7.06. The zero-order valence-electron chi connectivity index (χ0n) is 12.3. The number of benzene rings is 1. The third kappa shape index (κ3) is 3.25. The Morgan fingerprint density at radius 3 is 2.85 bits per heavy atom. The number of halogens is 1. The summed E-state index contributed by atoms with van der Waals surface area (Å²) < 4.78 is 0. The highest BCUT2D eigenvalue weighted by Gasteiger charge is 2.27. The molecule has 1 saturated heterocycles. The monoisotopic (exact) mass is 295 g/mol. The molecule has 0 saturated carbocycles. The number of piperazine rings is 1. The normalized spacial score (nSPS) is 20.0. The van der Waals surface area contributed by atoms with Gasteiger partial charge in [0.1, 0.15) is 0 Å². The Bertz CT molecular complexity index is 492. The second kappa shape index (κ2) is 6.46. The van der Waals surface area contributed by atoms with Crippen molar-refractivity contribution >= 4 is 23.2 Å². The van der Waals surface area contributed by atoms with Crippen LogP contribution in [0.15, 0.2) is 18.2 Å². The van der Waals surface area contributed by atoms with Crippen molar-refractivity contribution in [2.24, 2.45) is 0 Å². The molecule has 110 valence electrons. The van der Waals surface area contributed by atoms with E-state index in [1.165, 1.54) is 0 Å². The molecule has 1 N–H and O–H groups in total. The average Bonchev–Trinajstić information content (AvgIpc) is 2.40. The molecule has 1 fully saturated rings. The van der Waals surface area contributed by atoms with Crippen molar-refractivity contribution in [3.63, 3.8) is 0 Å². The molecule has 1 amide bonds. The van der Waals surface area contributed by atoms with Crippen LogP contribution in [0, 0.1) is 0 Å². The van der Waals surface area contributed by atoms with Crippen molar-refractivity contribution in [1.82, 2.24) is 9.80 Å². The lowest BCUT2D eigenvalue weighted by Crippen LogP contribution is -2.52. The average molecular weight is 296 g/mol. The van der Waals surface area contributed by atoms with Crippen LogP contribution in [0.1, 0.15) is 24.2 Å². The Morgan fingerprint density at radius 1 is 1.45 bits per heavy atom. The van der Waals surface area contributed by atoms with E-state index < -0.39 is 0 Å². The Hall–Kier alpha value is -1.26. The maximum absolute atomic E-state index is 12.8. The van der Waals surface area contributed by atoms with E-state index in [0.29, 0.717) is 10.6 Å². The van der Waals surface area contributed by atoms with Crippen LogP contribution in [-0.2, 0) is 0 Å². The topological polar surface area (TPSA) is 35.6 Å². The van der Waals surface area contributed by atoms with Gasteiger partial charge in [0.05, 0.1) is 5.56 Å². The maximum atomic E-state index is 12.8. The van der Waals surface area contributed by atoms with Crippen LogP contribution in [0.5, 0.6) is 0 Å². The number of anilines is 1. The van der Waals surface area contributed by atoms with Crippen LogP contribution in [0.2, 0.25) is 5.02 Å². The summed E-state index contributed by atoms with van der Waals surface area (Å²) in [7, 11) is 2.09. The van der Waals surface area contributed by atoms with Gasteiger partial charge in [-0.05, 0) is 39.1 Å². The third-order valence-electron chi connectivity index (χ3n) is 3.67. The van der Waals surface area contributed by atoms with Gasteiger partial charge < -0.3 is 15.1 Å². The summed E-state index contributed by atoms with van der Waals surface area (Å²) in [6.45, 7) is 7.46. The van der Waals surface area contributed by atoms with E-state index >= 15 is 0 Å². The van der Waals surface area contributed by atoms with Crippen molar-refractivity contribution in [2.45, 2.75) is 19.9 Å². The number of hydrogen-bond acceptors (Lipinski definition) is 3. The quantitative estimate of drug-likeness (QED) is 0.931. The Labute approximate surface area is 125 Å². The molecule has 0 aromatic heterocycles. The van der Waals surface area contributed by atoms with Gasteiger partial charge in [-0.2, -0.15) is 0 Å². The number of carbonyl (C=O) groups excluding carboxylic acids is 1. The second-order valence-electron chi connectivity index (χ2n) is 5.33. The van der Waals surface area contributed by atoms with Crippen LogP contribution >= 0.6 is 11.6 Å². The Kier molecular flexibility index (Phi) is 4.89. The number of amides is 1. The first kappa shape index (κ1) is 15.1. The van der Waals surface area contributed by atoms with Gasteiger partial charge in [0.2, 0.25) is 0 Å². The molecule has 1 unspecified atom stereocenters. The molecular formula is C15H22ClN3O. The number of nitrogens with zero attached hydrogens (tertiary/aromatic N) is 2. The zero-order chi connectivity index (χ0) is 14.7. The van der Waals surface area contributed by atoms with E-state index in [2.05, 4.69) is 24.2 Å². The largest absolute Gasteiger partial charge is 0.385 e. The predicted molar refractivity (Wildman–Crippen MR) is 83.6 cm³/mol. The molecule has 1 atom stereocenters. The SMILES string of the molecule is CCNc1ccc(Cl)cc1C(=O)N1CCN(C)CC1C. The van der Waals surface area contributed by atoms with E-state index in [0.717, 1.165) is 31.9 Å². The molecule has 2 rings (SSSR count). The smallest absolute Gasteiger partial charge is 0.256 e. The minimum Gasteiger partial charge on any atom is -0.385 e. The van der Waals surface area contributed by atoms with Gasteiger partial charge in [-0.1, -0.05) is 11.6 Å². The standard InChI is InChI=1S/C15H22ClN3O/c1-4-17-14-6-5-12(16)9-13(14)15(20)19-8-7-18(3)10-11(19)2/h5-6,9,11,17H,4,7-8,10H2,1-3H3. The summed E-state index contributed by atoms with van der Waals surface area (Å²) in [5, 5.41) is 3.82. The van der Waals surface area contributed by atoms with Crippen LogP contribution in [-0.4, -0.2) is 55.0 Å². The maximum Gasteiger partial charge on any atom is 0.256 e. The van der Waals surface area contributed by atoms with Crippen molar-refractivity contribution in [3.05, 3.63) is 28.8 Å². The fourth-order valence-electron chi connectivity index (χ4n) is 2.63. The Balaban J connectivity index is 2.26. The number of nitrogens with one attached hydrogen (secondary N) is 1. The number of carbonyl (C=O) groups is 1. The van der Waals surface area contributed by atoms with Crippen LogP contribution < -0.4 is 5.32 Å². The minimum absolute atomic E-state index is 0.0593. The summed E-state index contributed by atoms with van der Waals surface area (Å²) in [6.07, 6.45) is 0. The van der Waals surface area contributed by atoms with Crippen LogP contribution in [0.4, 0.5) is 5.69 Å². The fourth-order valence-corrected chi connectivity index (χ4v) is 2.81. The van der Waals surface area contributed by atoms with Gasteiger partial charge in [0.15, 0.2) is 0 Å².